The minimum atomic E-state index is -0.597. The number of urea groups is 1. The molecule has 3 nitrogen and oxygen atoms in total. The number of carbonyl (C=O) groups is 1. The smallest absolute Gasteiger partial charge is 0.315 e. The van der Waals surface area contributed by atoms with Gasteiger partial charge < -0.3 is 10.6 Å². The maximum Gasteiger partial charge on any atom is 0.315 e. The minimum absolute atomic E-state index is 0.235. The molecule has 0 saturated carbocycles. The molecule has 0 aliphatic heterocycles. The fourth-order valence-corrected chi connectivity index (χ4v) is 1.52. The SMILES string of the molecule is CCCNC(=O)NC(C)(C)c1cccc(F)c1. The number of rotatable bonds is 4. The van der Waals surface area contributed by atoms with Crippen molar-refractivity contribution in [1.29, 1.82) is 0 Å². The molecule has 2 amide bonds. The summed E-state index contributed by atoms with van der Waals surface area (Å²) in [6.07, 6.45) is 0.883. The van der Waals surface area contributed by atoms with Gasteiger partial charge in [-0.2, -0.15) is 0 Å². The van der Waals surface area contributed by atoms with Crippen molar-refractivity contribution in [3.05, 3.63) is 35.6 Å². The van der Waals surface area contributed by atoms with Crippen LogP contribution in [0, 0.1) is 5.82 Å². The highest BCUT2D eigenvalue weighted by Gasteiger charge is 2.22. The number of benzene rings is 1. The van der Waals surface area contributed by atoms with Crippen molar-refractivity contribution in [2.45, 2.75) is 32.7 Å². The summed E-state index contributed by atoms with van der Waals surface area (Å²) in [5.41, 5.74) is 0.143. The number of halogens is 1. The van der Waals surface area contributed by atoms with Crippen LogP contribution in [-0.4, -0.2) is 12.6 Å². The van der Waals surface area contributed by atoms with Gasteiger partial charge in [0.15, 0.2) is 0 Å². The molecule has 1 rings (SSSR count). The second kappa shape index (κ2) is 5.66. The van der Waals surface area contributed by atoms with Crippen molar-refractivity contribution < 1.29 is 9.18 Å². The molecule has 2 N–H and O–H groups in total. The fourth-order valence-electron chi connectivity index (χ4n) is 1.52. The van der Waals surface area contributed by atoms with Gasteiger partial charge in [-0.15, -0.1) is 0 Å². The molecular formula is C13H19FN2O. The monoisotopic (exact) mass is 238 g/mol. The van der Waals surface area contributed by atoms with E-state index >= 15 is 0 Å². The van der Waals surface area contributed by atoms with Crippen molar-refractivity contribution in [2.24, 2.45) is 0 Å². The molecule has 0 atom stereocenters. The molecule has 4 heteroatoms. The Hall–Kier alpha value is -1.58. The number of hydrogen-bond acceptors (Lipinski definition) is 1. The van der Waals surface area contributed by atoms with E-state index in [-0.39, 0.29) is 11.8 Å². The molecule has 0 bridgehead atoms. The zero-order valence-electron chi connectivity index (χ0n) is 10.5. The zero-order chi connectivity index (χ0) is 12.9. The van der Waals surface area contributed by atoms with Crippen molar-refractivity contribution in [1.82, 2.24) is 10.6 Å². The Morgan fingerprint density at radius 1 is 1.41 bits per heavy atom. The molecule has 0 aliphatic rings. The summed E-state index contributed by atoms with van der Waals surface area (Å²) in [7, 11) is 0. The van der Waals surface area contributed by atoms with Gasteiger partial charge in [0.1, 0.15) is 5.82 Å². The minimum Gasteiger partial charge on any atom is -0.338 e. The van der Waals surface area contributed by atoms with Crippen LogP contribution in [0.25, 0.3) is 0 Å². The molecule has 17 heavy (non-hydrogen) atoms. The van der Waals surface area contributed by atoms with E-state index in [1.54, 1.807) is 12.1 Å². The van der Waals surface area contributed by atoms with E-state index in [1.807, 2.05) is 20.8 Å². The first-order chi connectivity index (χ1) is 7.95. The Kier molecular flexibility index (Phi) is 4.49. The topological polar surface area (TPSA) is 41.1 Å². The molecule has 0 unspecified atom stereocenters. The van der Waals surface area contributed by atoms with Gasteiger partial charge in [-0.3, -0.25) is 0 Å². The van der Waals surface area contributed by atoms with Gasteiger partial charge in [-0.25, -0.2) is 9.18 Å². The van der Waals surface area contributed by atoms with Crippen LogP contribution in [0.15, 0.2) is 24.3 Å². The summed E-state index contributed by atoms with van der Waals surface area (Å²) < 4.78 is 13.1. The lowest BCUT2D eigenvalue weighted by Gasteiger charge is -2.27. The van der Waals surface area contributed by atoms with E-state index in [9.17, 15) is 9.18 Å². The Morgan fingerprint density at radius 3 is 2.71 bits per heavy atom. The average Bonchev–Trinajstić information content (AvgIpc) is 2.26. The molecule has 1 aromatic carbocycles. The molecule has 0 radical (unpaired) electrons. The Balaban J connectivity index is 2.71. The molecule has 0 heterocycles. The largest absolute Gasteiger partial charge is 0.338 e. The van der Waals surface area contributed by atoms with Gasteiger partial charge in [0, 0.05) is 6.54 Å². The second-order valence-corrected chi connectivity index (χ2v) is 4.52. The lowest BCUT2D eigenvalue weighted by Crippen LogP contribution is -2.46. The van der Waals surface area contributed by atoms with Crippen LogP contribution in [0.4, 0.5) is 9.18 Å². The summed E-state index contributed by atoms with van der Waals surface area (Å²) >= 11 is 0. The number of carbonyl (C=O) groups excluding carboxylic acids is 1. The summed E-state index contributed by atoms with van der Waals surface area (Å²) in [5, 5.41) is 5.55. The van der Waals surface area contributed by atoms with Crippen molar-refractivity contribution in [3.8, 4) is 0 Å². The summed E-state index contributed by atoms with van der Waals surface area (Å²) in [4.78, 5) is 11.6. The number of nitrogens with one attached hydrogen (secondary N) is 2. The van der Waals surface area contributed by atoms with Crippen LogP contribution in [0.3, 0.4) is 0 Å². The van der Waals surface area contributed by atoms with Crippen molar-refractivity contribution in [2.75, 3.05) is 6.54 Å². The van der Waals surface area contributed by atoms with Crippen LogP contribution in [0.2, 0.25) is 0 Å². The van der Waals surface area contributed by atoms with Gasteiger partial charge in [0.25, 0.3) is 0 Å². The quantitative estimate of drug-likeness (QED) is 0.832. The maximum atomic E-state index is 13.1. The Morgan fingerprint density at radius 2 is 2.12 bits per heavy atom. The Labute approximate surface area is 101 Å². The van der Waals surface area contributed by atoms with Gasteiger partial charge in [-0.05, 0) is 38.0 Å². The van der Waals surface area contributed by atoms with Gasteiger partial charge in [-0.1, -0.05) is 19.1 Å². The maximum absolute atomic E-state index is 13.1. The van der Waals surface area contributed by atoms with E-state index < -0.39 is 5.54 Å². The zero-order valence-corrected chi connectivity index (χ0v) is 10.5. The molecule has 0 spiro atoms. The first-order valence-electron chi connectivity index (χ1n) is 5.78. The molecule has 94 valence electrons. The first kappa shape index (κ1) is 13.5. The predicted octanol–water partition coefficient (Wildman–Crippen LogP) is 2.77. The van der Waals surface area contributed by atoms with E-state index in [1.165, 1.54) is 12.1 Å². The number of hydrogen-bond donors (Lipinski definition) is 2. The molecule has 1 aromatic rings. The van der Waals surface area contributed by atoms with E-state index in [2.05, 4.69) is 10.6 Å². The van der Waals surface area contributed by atoms with Crippen molar-refractivity contribution in [3.63, 3.8) is 0 Å². The predicted molar refractivity (Wildman–Crippen MR) is 66.3 cm³/mol. The van der Waals surface area contributed by atoms with Crippen LogP contribution in [0.5, 0.6) is 0 Å². The summed E-state index contributed by atoms with van der Waals surface area (Å²) in [6, 6.07) is 6.01. The van der Waals surface area contributed by atoms with Gasteiger partial charge in [0.2, 0.25) is 0 Å². The van der Waals surface area contributed by atoms with E-state index in [0.29, 0.717) is 6.54 Å². The molecule has 0 fully saturated rings. The van der Waals surface area contributed by atoms with Gasteiger partial charge in [0.05, 0.1) is 5.54 Å². The molecule has 0 saturated heterocycles. The molecule has 0 aliphatic carbocycles. The second-order valence-electron chi connectivity index (χ2n) is 4.52. The average molecular weight is 238 g/mol. The third-order valence-corrected chi connectivity index (χ3v) is 2.51. The molecule has 0 aromatic heterocycles. The first-order valence-corrected chi connectivity index (χ1v) is 5.78. The fraction of sp³-hybridized carbons (Fsp3) is 0.462. The lowest BCUT2D eigenvalue weighted by atomic mass is 9.94. The van der Waals surface area contributed by atoms with Crippen LogP contribution >= 0.6 is 0 Å². The number of amides is 2. The standard InChI is InChI=1S/C13H19FN2O/c1-4-8-15-12(17)16-13(2,3)10-6-5-7-11(14)9-10/h5-7,9H,4,8H2,1-3H3,(H2,15,16,17). The lowest BCUT2D eigenvalue weighted by molar-refractivity contribution is 0.230. The van der Waals surface area contributed by atoms with Crippen LogP contribution in [0.1, 0.15) is 32.8 Å². The third kappa shape index (κ3) is 4.06. The van der Waals surface area contributed by atoms with E-state index in [0.717, 1.165) is 12.0 Å². The molecular weight excluding hydrogens is 219 g/mol. The normalized spacial score (nSPS) is 11.1. The van der Waals surface area contributed by atoms with Crippen LogP contribution in [-0.2, 0) is 5.54 Å². The van der Waals surface area contributed by atoms with Crippen LogP contribution < -0.4 is 10.6 Å². The van der Waals surface area contributed by atoms with Crippen molar-refractivity contribution >= 4 is 6.03 Å². The third-order valence-electron chi connectivity index (χ3n) is 2.51. The summed E-state index contributed by atoms with van der Waals surface area (Å²) in [6.45, 7) is 6.30. The summed E-state index contributed by atoms with van der Waals surface area (Å²) in [5.74, 6) is -0.300. The van der Waals surface area contributed by atoms with Gasteiger partial charge >= 0.3 is 6.03 Å². The highest BCUT2D eigenvalue weighted by molar-refractivity contribution is 5.74. The highest BCUT2D eigenvalue weighted by atomic mass is 19.1. The Bertz CT molecular complexity index is 391. The highest BCUT2D eigenvalue weighted by Crippen LogP contribution is 2.20. The van der Waals surface area contributed by atoms with E-state index in [4.69, 9.17) is 0 Å².